The summed E-state index contributed by atoms with van der Waals surface area (Å²) in [5.41, 5.74) is 10.3. The highest BCUT2D eigenvalue weighted by Gasteiger charge is 2.43. The Kier molecular flexibility index (Phi) is 4.56. The summed E-state index contributed by atoms with van der Waals surface area (Å²) in [5, 5.41) is 28.7. The lowest BCUT2D eigenvalue weighted by Crippen LogP contribution is -2.36. The Morgan fingerprint density at radius 3 is 2.71 bits per heavy atom. The van der Waals surface area contributed by atoms with Crippen LogP contribution in [-0.2, 0) is 4.74 Å². The van der Waals surface area contributed by atoms with Gasteiger partial charge in [-0.3, -0.25) is 4.57 Å². The first-order valence-corrected chi connectivity index (χ1v) is 6.19. The summed E-state index contributed by atoms with van der Waals surface area (Å²) in [7, 11) is 0. The maximum Gasteiger partial charge on any atom is 0.351 e. The van der Waals surface area contributed by atoms with Gasteiger partial charge in [-0.05, 0) is 0 Å². The summed E-state index contributed by atoms with van der Waals surface area (Å²) in [5.74, 6) is 5.15. The Hall–Kier alpha value is -1.96. The lowest BCUT2D eigenvalue weighted by Gasteiger charge is -2.17. The van der Waals surface area contributed by atoms with Crippen molar-refractivity contribution >= 4 is 5.82 Å². The molecule has 21 heavy (non-hydrogen) atoms. The van der Waals surface area contributed by atoms with E-state index in [-0.39, 0.29) is 17.9 Å². The summed E-state index contributed by atoms with van der Waals surface area (Å²) in [6.07, 6.45) is -3.61. The second kappa shape index (κ2) is 6.21. The predicted octanol–water partition coefficient (Wildman–Crippen LogP) is -3.25. The minimum atomic E-state index is -1.39. The molecular weight excluding hydrogens is 280 g/mol. The summed E-state index contributed by atoms with van der Waals surface area (Å²) < 4.78 is 6.23. The van der Waals surface area contributed by atoms with Gasteiger partial charge in [0.25, 0.3) is 0 Å². The van der Waals surface area contributed by atoms with Crippen molar-refractivity contribution in [3.8, 4) is 11.8 Å². The van der Waals surface area contributed by atoms with E-state index in [0.29, 0.717) is 0 Å². The number of aromatic nitrogens is 2. The monoisotopic (exact) mass is 296 g/mol. The molecule has 0 saturated carbocycles. The Morgan fingerprint density at radius 1 is 1.43 bits per heavy atom. The third-order valence-corrected chi connectivity index (χ3v) is 3.10. The van der Waals surface area contributed by atoms with Gasteiger partial charge in [0, 0.05) is 6.20 Å². The molecule has 1 saturated heterocycles. The number of nitrogen functional groups attached to an aromatic ring is 1. The number of nitrogens with two attached hydrogens (primary N) is 2. The molecule has 0 unspecified atom stereocenters. The van der Waals surface area contributed by atoms with Crippen LogP contribution in [0, 0.1) is 11.8 Å². The molecule has 1 aliphatic heterocycles. The highest BCUT2D eigenvalue weighted by molar-refractivity contribution is 5.49. The Morgan fingerprint density at radius 2 is 2.14 bits per heavy atom. The van der Waals surface area contributed by atoms with Crippen LogP contribution in [0.25, 0.3) is 0 Å². The minimum Gasteiger partial charge on any atom is -0.394 e. The maximum absolute atomic E-state index is 11.9. The fourth-order valence-electron chi connectivity index (χ4n) is 2.02. The molecule has 1 aliphatic rings. The average molecular weight is 296 g/mol. The molecular formula is C12H16N4O5. The van der Waals surface area contributed by atoms with Crippen molar-refractivity contribution in [3.05, 3.63) is 22.2 Å². The van der Waals surface area contributed by atoms with Crippen LogP contribution in [0.1, 0.15) is 11.8 Å². The normalized spacial score (nSPS) is 28.2. The minimum absolute atomic E-state index is 0.0658. The number of hydrogen-bond acceptors (Lipinski definition) is 8. The van der Waals surface area contributed by atoms with Gasteiger partial charge in [0.15, 0.2) is 6.23 Å². The number of rotatable bonds is 2. The first-order valence-electron chi connectivity index (χ1n) is 6.19. The summed E-state index contributed by atoms with van der Waals surface area (Å²) in [4.78, 5) is 15.5. The van der Waals surface area contributed by atoms with Crippen LogP contribution in [0.15, 0.2) is 11.0 Å². The average Bonchev–Trinajstić information content (AvgIpc) is 2.74. The first kappa shape index (κ1) is 15.4. The molecule has 1 fully saturated rings. The number of aliphatic hydroxyl groups is 3. The van der Waals surface area contributed by atoms with Crippen LogP contribution in [0.4, 0.5) is 5.82 Å². The molecule has 9 heteroatoms. The van der Waals surface area contributed by atoms with Crippen LogP contribution in [0.2, 0.25) is 0 Å². The number of nitrogens with zero attached hydrogens (tertiary/aromatic N) is 2. The van der Waals surface area contributed by atoms with Crippen LogP contribution >= 0.6 is 0 Å². The lowest BCUT2D eigenvalue weighted by molar-refractivity contribution is -0.0549. The third-order valence-electron chi connectivity index (χ3n) is 3.10. The zero-order valence-corrected chi connectivity index (χ0v) is 11.0. The third kappa shape index (κ3) is 2.90. The van der Waals surface area contributed by atoms with Crippen molar-refractivity contribution in [1.82, 2.24) is 9.55 Å². The van der Waals surface area contributed by atoms with E-state index < -0.39 is 36.8 Å². The molecule has 114 valence electrons. The van der Waals surface area contributed by atoms with E-state index in [1.807, 2.05) is 0 Å². The Bertz CT molecular complexity index is 635. The molecule has 0 aliphatic carbocycles. The van der Waals surface area contributed by atoms with Gasteiger partial charge < -0.3 is 31.5 Å². The summed E-state index contributed by atoms with van der Waals surface area (Å²) in [6.45, 7) is -0.391. The van der Waals surface area contributed by atoms with Crippen LogP contribution in [0.3, 0.4) is 0 Å². The quantitative estimate of drug-likeness (QED) is 0.356. The predicted molar refractivity (Wildman–Crippen MR) is 71.9 cm³/mol. The molecule has 4 atom stereocenters. The highest BCUT2D eigenvalue weighted by Crippen LogP contribution is 2.28. The van der Waals surface area contributed by atoms with E-state index in [0.717, 1.165) is 4.57 Å². The van der Waals surface area contributed by atoms with E-state index in [2.05, 4.69) is 16.8 Å². The van der Waals surface area contributed by atoms with Crippen LogP contribution in [0.5, 0.6) is 0 Å². The number of hydrogen-bond donors (Lipinski definition) is 5. The van der Waals surface area contributed by atoms with Gasteiger partial charge in [0.05, 0.1) is 18.7 Å². The summed E-state index contributed by atoms with van der Waals surface area (Å²) >= 11 is 0. The van der Waals surface area contributed by atoms with Gasteiger partial charge in [-0.25, -0.2) is 4.79 Å². The molecule has 7 N–H and O–H groups in total. The molecule has 2 heterocycles. The molecule has 0 bridgehead atoms. The van der Waals surface area contributed by atoms with Crippen molar-refractivity contribution in [2.24, 2.45) is 5.73 Å². The molecule has 9 nitrogen and oxygen atoms in total. The number of anilines is 1. The first-order chi connectivity index (χ1) is 9.99. The molecule has 0 radical (unpaired) electrons. The van der Waals surface area contributed by atoms with Gasteiger partial charge in [-0.15, -0.1) is 0 Å². The Labute approximate surface area is 119 Å². The van der Waals surface area contributed by atoms with Crippen LogP contribution in [-0.4, -0.2) is 56.3 Å². The van der Waals surface area contributed by atoms with Gasteiger partial charge in [-0.1, -0.05) is 11.8 Å². The van der Waals surface area contributed by atoms with Crippen molar-refractivity contribution in [1.29, 1.82) is 0 Å². The van der Waals surface area contributed by atoms with E-state index in [1.54, 1.807) is 0 Å². The van der Waals surface area contributed by atoms with Gasteiger partial charge >= 0.3 is 5.69 Å². The van der Waals surface area contributed by atoms with Gasteiger partial charge in [0.2, 0.25) is 0 Å². The van der Waals surface area contributed by atoms with Gasteiger partial charge in [-0.2, -0.15) is 4.98 Å². The Balaban J connectivity index is 2.42. The van der Waals surface area contributed by atoms with Crippen molar-refractivity contribution in [3.63, 3.8) is 0 Å². The summed E-state index contributed by atoms with van der Waals surface area (Å²) in [6, 6.07) is 0. The topological polar surface area (TPSA) is 157 Å². The van der Waals surface area contributed by atoms with Crippen molar-refractivity contribution in [2.75, 3.05) is 18.9 Å². The largest absolute Gasteiger partial charge is 0.394 e. The molecule has 2 rings (SSSR count). The molecule has 0 amide bonds. The molecule has 1 aromatic heterocycles. The van der Waals surface area contributed by atoms with E-state index in [4.69, 9.17) is 21.3 Å². The number of aliphatic hydroxyl groups excluding tert-OH is 3. The molecule has 1 aromatic rings. The maximum atomic E-state index is 11.9. The van der Waals surface area contributed by atoms with Crippen molar-refractivity contribution in [2.45, 2.75) is 24.5 Å². The zero-order chi connectivity index (χ0) is 15.6. The van der Waals surface area contributed by atoms with Crippen LogP contribution < -0.4 is 17.2 Å². The number of ether oxygens (including phenoxy) is 1. The smallest absolute Gasteiger partial charge is 0.351 e. The molecule has 0 aromatic carbocycles. The van der Waals surface area contributed by atoms with Gasteiger partial charge in [0.1, 0.15) is 24.1 Å². The van der Waals surface area contributed by atoms with E-state index in [1.165, 1.54) is 6.20 Å². The SMILES string of the molecule is NCC#Cc1cn([C@@H]2O[C@H](CO)[C@@H](O)[C@H]2O)c(=O)nc1N. The lowest BCUT2D eigenvalue weighted by atomic mass is 10.1. The van der Waals surface area contributed by atoms with Crippen molar-refractivity contribution < 1.29 is 20.1 Å². The standard InChI is InChI=1S/C12H16N4O5/c13-3-1-2-6-4-16(12(20)15-10(6)14)11-9(19)8(18)7(5-17)21-11/h4,7-9,11,17-19H,3,5,13H2,(H2,14,15,20)/t7-,8-,9-,11-/m1/s1. The highest BCUT2D eigenvalue weighted by atomic mass is 16.6. The molecule has 0 spiro atoms. The zero-order valence-electron chi connectivity index (χ0n) is 11.0. The second-order valence-electron chi connectivity index (χ2n) is 4.46. The fraction of sp³-hybridized carbons (Fsp3) is 0.500. The van der Waals surface area contributed by atoms with E-state index >= 15 is 0 Å². The fourth-order valence-corrected chi connectivity index (χ4v) is 2.02. The van der Waals surface area contributed by atoms with E-state index in [9.17, 15) is 15.0 Å². The second-order valence-corrected chi connectivity index (χ2v) is 4.46.